The lowest BCUT2D eigenvalue weighted by Crippen LogP contribution is -2.38. The van der Waals surface area contributed by atoms with Gasteiger partial charge in [0, 0.05) is 6.04 Å². The van der Waals surface area contributed by atoms with Gasteiger partial charge in [0.05, 0.1) is 5.60 Å². The van der Waals surface area contributed by atoms with Gasteiger partial charge >= 0.3 is 0 Å². The van der Waals surface area contributed by atoms with Crippen molar-refractivity contribution in [3.05, 3.63) is 12.7 Å². The molecule has 0 heterocycles. The number of hydrogen-bond donors (Lipinski definition) is 2. The Kier molecular flexibility index (Phi) is 2.68. The number of aliphatic hydroxyl groups is 1. The van der Waals surface area contributed by atoms with Gasteiger partial charge in [0.25, 0.3) is 0 Å². The van der Waals surface area contributed by atoms with Crippen LogP contribution in [0.2, 0.25) is 0 Å². The first-order chi connectivity index (χ1) is 5.16. The van der Waals surface area contributed by atoms with Crippen molar-refractivity contribution in [3.8, 4) is 0 Å². The second-order valence-electron chi connectivity index (χ2n) is 3.55. The molecule has 11 heavy (non-hydrogen) atoms. The summed E-state index contributed by atoms with van der Waals surface area (Å²) in [6.07, 6.45) is 6.06. The Morgan fingerprint density at radius 1 is 1.55 bits per heavy atom. The van der Waals surface area contributed by atoms with Gasteiger partial charge in [0.15, 0.2) is 0 Å². The van der Waals surface area contributed by atoms with Gasteiger partial charge in [-0.2, -0.15) is 0 Å². The van der Waals surface area contributed by atoms with Crippen molar-refractivity contribution in [2.24, 2.45) is 5.73 Å². The van der Waals surface area contributed by atoms with Gasteiger partial charge in [-0.25, -0.2) is 0 Å². The molecular formula is C9H17NO. The molecule has 2 nitrogen and oxygen atoms in total. The topological polar surface area (TPSA) is 46.2 Å². The Balaban J connectivity index is 2.41. The molecule has 1 fully saturated rings. The Labute approximate surface area is 68.1 Å². The minimum Gasteiger partial charge on any atom is -0.390 e. The molecule has 2 heteroatoms. The summed E-state index contributed by atoms with van der Waals surface area (Å²) in [7, 11) is 0. The lowest BCUT2D eigenvalue weighted by Gasteiger charge is -2.33. The van der Waals surface area contributed by atoms with Crippen LogP contribution in [0.3, 0.4) is 0 Å². The third-order valence-corrected chi connectivity index (χ3v) is 2.49. The highest BCUT2D eigenvalue weighted by atomic mass is 16.3. The van der Waals surface area contributed by atoms with Crippen molar-refractivity contribution >= 4 is 0 Å². The van der Waals surface area contributed by atoms with Crippen molar-refractivity contribution in [1.82, 2.24) is 0 Å². The summed E-state index contributed by atoms with van der Waals surface area (Å²) < 4.78 is 0. The molecule has 0 spiro atoms. The van der Waals surface area contributed by atoms with E-state index in [1.165, 1.54) is 0 Å². The molecule has 0 bridgehead atoms. The third-order valence-electron chi connectivity index (χ3n) is 2.49. The zero-order valence-corrected chi connectivity index (χ0v) is 6.92. The normalized spacial score (nSPS) is 38.5. The molecule has 1 aliphatic rings. The van der Waals surface area contributed by atoms with Crippen LogP contribution in [0, 0.1) is 0 Å². The lowest BCUT2D eigenvalue weighted by atomic mass is 9.80. The average Bonchev–Trinajstić information content (AvgIpc) is 1.97. The summed E-state index contributed by atoms with van der Waals surface area (Å²) in [5, 5.41) is 9.86. The first kappa shape index (κ1) is 8.75. The number of nitrogens with two attached hydrogens (primary N) is 1. The van der Waals surface area contributed by atoms with Gasteiger partial charge in [-0.1, -0.05) is 6.08 Å². The molecule has 64 valence electrons. The van der Waals surface area contributed by atoms with Crippen molar-refractivity contribution in [1.29, 1.82) is 0 Å². The van der Waals surface area contributed by atoms with E-state index in [0.29, 0.717) is 12.5 Å². The smallest absolute Gasteiger partial charge is 0.0683 e. The van der Waals surface area contributed by atoms with E-state index < -0.39 is 5.60 Å². The zero-order chi connectivity index (χ0) is 8.32. The van der Waals surface area contributed by atoms with Crippen LogP contribution in [-0.2, 0) is 0 Å². The summed E-state index contributed by atoms with van der Waals surface area (Å²) in [5.74, 6) is 0. The molecule has 1 aliphatic carbocycles. The fourth-order valence-electron chi connectivity index (χ4n) is 1.65. The van der Waals surface area contributed by atoms with E-state index in [-0.39, 0.29) is 0 Å². The largest absolute Gasteiger partial charge is 0.390 e. The fraction of sp³-hybridized carbons (Fsp3) is 0.778. The summed E-state index contributed by atoms with van der Waals surface area (Å²) in [5.41, 5.74) is 5.23. The van der Waals surface area contributed by atoms with E-state index in [9.17, 15) is 5.11 Å². The highest BCUT2D eigenvalue weighted by Gasteiger charge is 2.30. The van der Waals surface area contributed by atoms with E-state index in [2.05, 4.69) is 6.58 Å². The Bertz CT molecular complexity index is 136. The second kappa shape index (κ2) is 3.37. The highest BCUT2D eigenvalue weighted by Crippen LogP contribution is 2.30. The van der Waals surface area contributed by atoms with Crippen LogP contribution in [0.25, 0.3) is 0 Å². The third kappa shape index (κ3) is 2.31. The molecular weight excluding hydrogens is 138 g/mol. The summed E-state index contributed by atoms with van der Waals surface area (Å²) >= 11 is 0. The van der Waals surface area contributed by atoms with Gasteiger partial charge in [0.1, 0.15) is 0 Å². The van der Waals surface area contributed by atoms with E-state index in [1.807, 2.05) is 0 Å². The van der Waals surface area contributed by atoms with Crippen LogP contribution >= 0.6 is 0 Å². The maximum atomic E-state index is 9.86. The maximum Gasteiger partial charge on any atom is 0.0683 e. The molecule has 0 unspecified atom stereocenters. The van der Waals surface area contributed by atoms with Gasteiger partial charge in [-0.15, -0.1) is 6.58 Å². The predicted molar refractivity (Wildman–Crippen MR) is 46.2 cm³/mol. The van der Waals surface area contributed by atoms with Crippen LogP contribution in [0.5, 0.6) is 0 Å². The van der Waals surface area contributed by atoms with Gasteiger partial charge in [-0.3, -0.25) is 0 Å². The molecule has 0 aliphatic heterocycles. The van der Waals surface area contributed by atoms with Gasteiger partial charge in [0.2, 0.25) is 0 Å². The van der Waals surface area contributed by atoms with Crippen LogP contribution < -0.4 is 5.73 Å². The van der Waals surface area contributed by atoms with Gasteiger partial charge < -0.3 is 10.8 Å². The monoisotopic (exact) mass is 155 g/mol. The van der Waals surface area contributed by atoms with E-state index >= 15 is 0 Å². The first-order valence-electron chi connectivity index (χ1n) is 4.25. The van der Waals surface area contributed by atoms with Crippen LogP contribution in [0.4, 0.5) is 0 Å². The van der Waals surface area contributed by atoms with Crippen LogP contribution in [0.15, 0.2) is 12.7 Å². The van der Waals surface area contributed by atoms with E-state index in [0.717, 1.165) is 25.7 Å². The molecule has 0 amide bonds. The molecule has 0 saturated heterocycles. The Morgan fingerprint density at radius 2 is 2.09 bits per heavy atom. The average molecular weight is 155 g/mol. The minimum absolute atomic E-state index is 0.306. The van der Waals surface area contributed by atoms with E-state index in [4.69, 9.17) is 5.73 Å². The second-order valence-corrected chi connectivity index (χ2v) is 3.55. The fourth-order valence-corrected chi connectivity index (χ4v) is 1.65. The predicted octanol–water partition coefficient (Wildman–Crippen LogP) is 1.19. The van der Waals surface area contributed by atoms with Crippen molar-refractivity contribution in [2.45, 2.75) is 43.7 Å². The molecule has 0 aromatic carbocycles. The Hall–Kier alpha value is -0.340. The molecule has 0 aromatic rings. The van der Waals surface area contributed by atoms with Gasteiger partial charge in [-0.05, 0) is 32.1 Å². The molecule has 0 aromatic heterocycles. The molecule has 3 N–H and O–H groups in total. The minimum atomic E-state index is -0.488. The molecule has 1 saturated carbocycles. The van der Waals surface area contributed by atoms with Crippen LogP contribution in [0.1, 0.15) is 32.1 Å². The maximum absolute atomic E-state index is 9.86. The van der Waals surface area contributed by atoms with Crippen LogP contribution in [-0.4, -0.2) is 16.7 Å². The quantitative estimate of drug-likeness (QED) is 0.588. The standard InChI is InChI=1S/C9H17NO/c1-2-5-9(11)6-3-8(10)4-7-9/h2,8,11H,1,3-7,10H2. The molecule has 0 radical (unpaired) electrons. The van der Waals surface area contributed by atoms with E-state index in [1.54, 1.807) is 6.08 Å². The molecule has 1 rings (SSSR count). The van der Waals surface area contributed by atoms with Crippen molar-refractivity contribution in [3.63, 3.8) is 0 Å². The first-order valence-corrected chi connectivity index (χ1v) is 4.25. The SMILES string of the molecule is C=CCC1(O)CCC(N)CC1. The summed E-state index contributed by atoms with van der Waals surface area (Å²) in [4.78, 5) is 0. The van der Waals surface area contributed by atoms with Crippen molar-refractivity contribution in [2.75, 3.05) is 0 Å². The zero-order valence-electron chi connectivity index (χ0n) is 6.92. The molecule has 0 atom stereocenters. The van der Waals surface area contributed by atoms with Crippen molar-refractivity contribution < 1.29 is 5.11 Å². The number of rotatable bonds is 2. The summed E-state index contributed by atoms with van der Waals surface area (Å²) in [6, 6.07) is 0.306. The lowest BCUT2D eigenvalue weighted by molar-refractivity contribution is 0.00270. The Morgan fingerprint density at radius 3 is 2.55 bits per heavy atom. The highest BCUT2D eigenvalue weighted by molar-refractivity contribution is 4.91. The summed E-state index contributed by atoms with van der Waals surface area (Å²) in [6.45, 7) is 3.63. The number of hydrogen-bond acceptors (Lipinski definition) is 2.